The lowest BCUT2D eigenvalue weighted by atomic mass is 9.84. The van der Waals surface area contributed by atoms with E-state index in [-0.39, 0.29) is 13.2 Å². The van der Waals surface area contributed by atoms with E-state index in [0.717, 1.165) is 0 Å². The van der Waals surface area contributed by atoms with E-state index in [9.17, 15) is 57.4 Å². The van der Waals surface area contributed by atoms with Gasteiger partial charge in [0.25, 0.3) is 0 Å². The van der Waals surface area contributed by atoms with Crippen LogP contribution >= 0.6 is 31.3 Å². The van der Waals surface area contributed by atoms with E-state index in [1.807, 2.05) is 0 Å². The van der Waals surface area contributed by atoms with E-state index < -0.39 is 67.9 Å². The first-order valence-electron chi connectivity index (χ1n) is 10.5. The van der Waals surface area contributed by atoms with Crippen molar-refractivity contribution in [2.75, 3.05) is 13.2 Å². The van der Waals surface area contributed by atoms with E-state index >= 15 is 0 Å². The fraction of sp³-hybridized carbons (Fsp3) is 1.00. The fourth-order valence-corrected chi connectivity index (χ4v) is 5.57. The first-order chi connectivity index (χ1) is 16.3. The molecule has 0 radical (unpaired) electrons. The van der Waals surface area contributed by atoms with Gasteiger partial charge in [-0.3, -0.25) is 18.1 Å². The van der Waals surface area contributed by atoms with Crippen LogP contribution in [-0.2, 0) is 45.8 Å². The average molecular weight is 612 g/mol. The molecular weight excluding hydrogens is 580 g/mol. The zero-order chi connectivity index (χ0) is 27.9. The van der Waals surface area contributed by atoms with Crippen LogP contribution in [0, 0.1) is 0 Å². The molecule has 0 amide bonds. The summed E-state index contributed by atoms with van der Waals surface area (Å²) in [6, 6.07) is 0. The highest BCUT2D eigenvalue weighted by Crippen LogP contribution is 2.53. The summed E-state index contributed by atoms with van der Waals surface area (Å²) < 4.78 is 76.3. The molecule has 0 bridgehead atoms. The minimum atomic E-state index is -5.63. The van der Waals surface area contributed by atoms with Gasteiger partial charge in [0.15, 0.2) is 0 Å². The lowest BCUT2D eigenvalue weighted by molar-refractivity contribution is -0.234. The van der Waals surface area contributed by atoms with E-state index in [4.69, 9.17) is 9.47 Å². The summed E-state index contributed by atoms with van der Waals surface area (Å²) in [6.45, 7) is 3.19. The summed E-state index contributed by atoms with van der Waals surface area (Å²) in [5.41, 5.74) is 0. The third-order valence-electron chi connectivity index (χ3n) is 4.60. The Balaban J connectivity index is 3.80. The van der Waals surface area contributed by atoms with E-state index in [1.54, 1.807) is 13.8 Å². The van der Waals surface area contributed by atoms with Crippen molar-refractivity contribution in [3.8, 4) is 0 Å². The Labute approximate surface area is 206 Å². The van der Waals surface area contributed by atoms with Gasteiger partial charge in [-0.15, -0.1) is 0 Å². The Bertz CT molecular complexity index is 790. The normalized spacial score (nSPS) is 28.4. The average Bonchev–Trinajstić information content (AvgIpc) is 2.65. The maximum absolute atomic E-state index is 11.7. The molecule has 0 heterocycles. The second kappa shape index (κ2) is 14.1. The van der Waals surface area contributed by atoms with Crippen LogP contribution in [0.5, 0.6) is 0 Å². The van der Waals surface area contributed by atoms with E-state index in [0.29, 0.717) is 25.7 Å². The molecule has 0 saturated heterocycles. The predicted octanol–water partition coefficient (Wildman–Crippen LogP) is 0.282. The van der Waals surface area contributed by atoms with Crippen molar-refractivity contribution in [1.82, 2.24) is 0 Å². The van der Waals surface area contributed by atoms with Crippen LogP contribution in [0.1, 0.15) is 39.5 Å². The smallest absolute Gasteiger partial charge is 0.373 e. The molecule has 36 heavy (non-hydrogen) atoms. The maximum Gasteiger partial charge on any atom is 0.470 e. The number of hydrogen-bond donors (Lipinski definition) is 8. The quantitative estimate of drug-likeness (QED) is 0.0858. The van der Waals surface area contributed by atoms with Crippen LogP contribution < -0.4 is 0 Å². The van der Waals surface area contributed by atoms with Gasteiger partial charge in [0.1, 0.15) is 36.6 Å². The highest BCUT2D eigenvalue weighted by Gasteiger charge is 2.60. The molecule has 1 aliphatic rings. The van der Waals surface area contributed by atoms with Gasteiger partial charge in [-0.05, 0) is 12.8 Å². The molecule has 0 unspecified atom stereocenters. The van der Waals surface area contributed by atoms with Gasteiger partial charge in [0.2, 0.25) is 0 Å². The minimum Gasteiger partial charge on any atom is -0.373 e. The Morgan fingerprint density at radius 1 is 0.472 bits per heavy atom. The molecular formula is C14H32O18P4. The molecule has 1 fully saturated rings. The molecule has 0 aromatic carbocycles. The van der Waals surface area contributed by atoms with Crippen molar-refractivity contribution in [3.05, 3.63) is 0 Å². The highest BCUT2D eigenvalue weighted by atomic mass is 31.2. The zero-order valence-corrected chi connectivity index (χ0v) is 22.7. The number of rotatable bonds is 16. The number of phosphoric acid groups is 4. The third-order valence-corrected chi connectivity index (χ3v) is 6.67. The zero-order valence-electron chi connectivity index (χ0n) is 19.2. The number of ether oxygens (including phenoxy) is 2. The van der Waals surface area contributed by atoms with Crippen LogP contribution in [-0.4, -0.2) is 89.0 Å². The molecule has 1 saturated carbocycles. The van der Waals surface area contributed by atoms with Crippen molar-refractivity contribution in [3.63, 3.8) is 0 Å². The minimum absolute atomic E-state index is 0.162. The number of hydrogen-bond acceptors (Lipinski definition) is 10. The SMILES string of the molecule is CCCCO[C@@H]1[C@H](OCCCC)[C@H](OP(=O)(O)O)[C@@H](OP(=O)(O)O)[C@H](OP(=O)(O)O)[C@H]1OP(=O)(O)O. The van der Waals surface area contributed by atoms with Gasteiger partial charge in [0.05, 0.1) is 0 Å². The molecule has 1 aliphatic carbocycles. The summed E-state index contributed by atoms with van der Waals surface area (Å²) in [5.74, 6) is 0. The van der Waals surface area contributed by atoms with Crippen LogP contribution in [0.4, 0.5) is 0 Å². The lowest BCUT2D eigenvalue weighted by Crippen LogP contribution is -2.67. The topological polar surface area (TPSA) is 285 Å². The Hall–Kier alpha value is 0.360. The Morgan fingerprint density at radius 2 is 0.694 bits per heavy atom. The van der Waals surface area contributed by atoms with Gasteiger partial charge in [-0.2, -0.15) is 0 Å². The summed E-state index contributed by atoms with van der Waals surface area (Å²) in [6.07, 6.45) is -11.3. The summed E-state index contributed by atoms with van der Waals surface area (Å²) in [5, 5.41) is 0. The van der Waals surface area contributed by atoms with Crippen molar-refractivity contribution >= 4 is 31.3 Å². The van der Waals surface area contributed by atoms with Gasteiger partial charge in [-0.25, -0.2) is 18.3 Å². The molecule has 1 rings (SSSR count). The van der Waals surface area contributed by atoms with Crippen molar-refractivity contribution < 1.29 is 85.0 Å². The van der Waals surface area contributed by atoms with Crippen molar-refractivity contribution in [1.29, 1.82) is 0 Å². The summed E-state index contributed by atoms with van der Waals surface area (Å²) in [4.78, 5) is 75.3. The number of unbranched alkanes of at least 4 members (excludes halogenated alkanes) is 2. The molecule has 0 aliphatic heterocycles. The van der Waals surface area contributed by atoms with E-state index in [2.05, 4.69) is 18.1 Å². The fourth-order valence-electron chi connectivity index (χ4n) is 3.34. The van der Waals surface area contributed by atoms with Gasteiger partial charge in [0, 0.05) is 13.2 Å². The number of phosphoric ester groups is 4. The Kier molecular flexibility index (Phi) is 13.5. The monoisotopic (exact) mass is 612 g/mol. The summed E-state index contributed by atoms with van der Waals surface area (Å²) in [7, 11) is -22.3. The molecule has 8 N–H and O–H groups in total. The third kappa shape index (κ3) is 12.9. The predicted molar refractivity (Wildman–Crippen MR) is 117 cm³/mol. The Morgan fingerprint density at radius 3 is 0.889 bits per heavy atom. The van der Waals surface area contributed by atoms with E-state index in [1.165, 1.54) is 0 Å². The van der Waals surface area contributed by atoms with Crippen LogP contribution in [0.2, 0.25) is 0 Å². The van der Waals surface area contributed by atoms with Crippen LogP contribution in [0.3, 0.4) is 0 Å². The lowest BCUT2D eigenvalue weighted by Gasteiger charge is -2.48. The molecule has 0 spiro atoms. The molecule has 0 aromatic heterocycles. The van der Waals surface area contributed by atoms with Gasteiger partial charge in [-0.1, -0.05) is 26.7 Å². The largest absolute Gasteiger partial charge is 0.470 e. The second-order valence-electron chi connectivity index (χ2n) is 7.62. The van der Waals surface area contributed by atoms with Crippen molar-refractivity contribution in [2.24, 2.45) is 0 Å². The highest BCUT2D eigenvalue weighted by molar-refractivity contribution is 7.47. The maximum atomic E-state index is 11.7. The van der Waals surface area contributed by atoms with Crippen molar-refractivity contribution in [2.45, 2.75) is 76.2 Å². The van der Waals surface area contributed by atoms with Crippen LogP contribution in [0.25, 0.3) is 0 Å². The van der Waals surface area contributed by atoms with Gasteiger partial charge < -0.3 is 48.6 Å². The molecule has 6 atom stereocenters. The first kappa shape index (κ1) is 34.4. The summed E-state index contributed by atoms with van der Waals surface area (Å²) >= 11 is 0. The molecule has 216 valence electrons. The molecule has 18 nitrogen and oxygen atoms in total. The first-order valence-corrected chi connectivity index (χ1v) is 16.6. The standard InChI is InChI=1S/C14H32O18P4/c1-3-5-7-27-9-10(28-8-6-4-2)12(30-34(18,19)20)14(32-36(24,25)26)13(31-35(21,22)23)11(9)29-33(15,16)17/h9-14H,3-8H2,1-2H3,(H2,15,16,17)(H2,18,19,20)(H2,21,22,23)(H2,24,25,26)/t9-,10+,11-,12-,13+,14+/m0/s1. The molecule has 0 aromatic rings. The van der Waals surface area contributed by atoms with Crippen LogP contribution in [0.15, 0.2) is 0 Å². The van der Waals surface area contributed by atoms with Gasteiger partial charge >= 0.3 is 31.3 Å². The molecule has 22 heteroatoms. The second-order valence-corrected chi connectivity index (χ2v) is 12.4.